The second kappa shape index (κ2) is 10.3. The zero-order valence-electron chi connectivity index (χ0n) is 13.9. The molecule has 0 bridgehead atoms. The van der Waals surface area contributed by atoms with Crippen molar-refractivity contribution in [2.75, 3.05) is 13.1 Å². The Kier molecular flexibility index (Phi) is 7.60. The largest absolute Gasteiger partial charge is 0.359 e. The van der Waals surface area contributed by atoms with E-state index >= 15 is 0 Å². The Labute approximate surface area is 142 Å². The number of carbonyl (C=O) groups excluding carboxylic acids is 2. The lowest BCUT2D eigenvalue weighted by atomic mass is 10.0. The van der Waals surface area contributed by atoms with Crippen molar-refractivity contribution in [2.24, 2.45) is 0 Å². The highest BCUT2D eigenvalue weighted by atomic mass is 16.2. The van der Waals surface area contributed by atoms with Crippen molar-refractivity contribution in [3.8, 4) is 0 Å². The van der Waals surface area contributed by atoms with Crippen LogP contribution in [0.4, 0.5) is 4.79 Å². The summed E-state index contributed by atoms with van der Waals surface area (Å²) in [4.78, 5) is 21.9. The van der Waals surface area contributed by atoms with E-state index in [1.807, 2.05) is 24.3 Å². The summed E-state index contributed by atoms with van der Waals surface area (Å²) in [7, 11) is 0. The van der Waals surface area contributed by atoms with Crippen LogP contribution in [0.3, 0.4) is 0 Å². The highest BCUT2D eigenvalue weighted by molar-refractivity contribution is 5.86. The van der Waals surface area contributed by atoms with E-state index in [9.17, 15) is 9.59 Å². The average molecular weight is 327 g/mol. The minimum absolute atomic E-state index is 0.134. The van der Waals surface area contributed by atoms with Gasteiger partial charge in [-0.1, -0.05) is 55.3 Å². The van der Waals surface area contributed by atoms with Gasteiger partial charge in [-0.15, -0.1) is 0 Å². The number of rotatable bonds is 10. The molecule has 0 unspecified atom stereocenters. The fourth-order valence-electron chi connectivity index (χ4n) is 2.65. The van der Waals surface area contributed by atoms with Crippen LogP contribution in [0.2, 0.25) is 0 Å². The van der Waals surface area contributed by atoms with Crippen LogP contribution in [0, 0.1) is 0 Å². The Balaban J connectivity index is 1.63. The third-order valence-corrected chi connectivity index (χ3v) is 3.94. The lowest BCUT2D eigenvalue weighted by molar-refractivity contribution is -0.109. The van der Waals surface area contributed by atoms with E-state index in [2.05, 4.69) is 34.1 Å². The second-order valence-electron chi connectivity index (χ2n) is 5.73. The Morgan fingerprint density at radius 3 is 2.46 bits per heavy atom. The summed E-state index contributed by atoms with van der Waals surface area (Å²) in [6.45, 7) is 1.91. The van der Waals surface area contributed by atoms with Gasteiger partial charge >= 0.3 is 6.03 Å². The van der Waals surface area contributed by atoms with Crippen LogP contribution in [-0.2, 0) is 11.3 Å². The first kappa shape index (κ1) is 17.8. The highest BCUT2D eigenvalue weighted by Gasteiger charge is 2.03. The summed E-state index contributed by atoms with van der Waals surface area (Å²) in [6.07, 6.45) is 4.75. The summed E-state index contributed by atoms with van der Waals surface area (Å²) in [5.41, 5.74) is 1.12. The van der Waals surface area contributed by atoms with Crippen molar-refractivity contribution in [1.29, 1.82) is 0 Å². The fraction of sp³-hybridized carbons (Fsp3) is 0.368. The van der Waals surface area contributed by atoms with Gasteiger partial charge in [-0.3, -0.25) is 4.79 Å². The minimum atomic E-state index is -0.134. The summed E-state index contributed by atoms with van der Waals surface area (Å²) in [6, 6.07) is 14.2. The minimum Gasteiger partial charge on any atom is -0.359 e. The van der Waals surface area contributed by atoms with Crippen LogP contribution in [-0.4, -0.2) is 25.5 Å². The molecule has 0 atom stereocenters. The van der Waals surface area contributed by atoms with Gasteiger partial charge in [0.25, 0.3) is 0 Å². The van der Waals surface area contributed by atoms with Crippen LogP contribution < -0.4 is 16.0 Å². The zero-order valence-corrected chi connectivity index (χ0v) is 13.9. The summed E-state index contributed by atoms with van der Waals surface area (Å²) >= 11 is 0. The first-order valence-electron chi connectivity index (χ1n) is 8.46. The molecular weight excluding hydrogens is 302 g/mol. The molecule has 0 aromatic heterocycles. The van der Waals surface area contributed by atoms with E-state index < -0.39 is 0 Å². The van der Waals surface area contributed by atoms with Gasteiger partial charge in [0.05, 0.1) is 0 Å². The summed E-state index contributed by atoms with van der Waals surface area (Å²) < 4.78 is 0. The van der Waals surface area contributed by atoms with Crippen LogP contribution in [0.15, 0.2) is 42.5 Å². The number of carbonyl (C=O) groups is 2. The monoisotopic (exact) mass is 327 g/mol. The Morgan fingerprint density at radius 1 is 0.875 bits per heavy atom. The van der Waals surface area contributed by atoms with Crippen molar-refractivity contribution >= 4 is 23.2 Å². The van der Waals surface area contributed by atoms with E-state index in [1.165, 1.54) is 10.8 Å². The van der Waals surface area contributed by atoms with Gasteiger partial charge in [0.15, 0.2) is 0 Å². The van der Waals surface area contributed by atoms with Gasteiger partial charge in [0, 0.05) is 19.6 Å². The molecule has 3 amide bonds. The van der Waals surface area contributed by atoms with E-state index in [1.54, 1.807) is 0 Å². The lowest BCUT2D eigenvalue weighted by Gasteiger charge is -2.10. The third kappa shape index (κ3) is 5.91. The molecule has 3 N–H and O–H groups in total. The Morgan fingerprint density at radius 2 is 1.62 bits per heavy atom. The standard InChI is InChI=1S/C19H25N3O2/c23-15-20-12-5-1-2-6-13-21-19(24)22-14-17-10-7-9-16-8-3-4-11-18(16)17/h3-4,7-11,15H,1-2,5-6,12-14H2,(H,20,23)(H2,21,22,24). The average Bonchev–Trinajstić information content (AvgIpc) is 2.62. The van der Waals surface area contributed by atoms with E-state index in [-0.39, 0.29) is 6.03 Å². The topological polar surface area (TPSA) is 70.2 Å². The SMILES string of the molecule is O=CNCCCCCCNC(=O)NCc1cccc2ccccc12. The van der Waals surface area contributed by atoms with Crippen molar-refractivity contribution < 1.29 is 9.59 Å². The molecule has 5 heteroatoms. The van der Waals surface area contributed by atoms with E-state index in [4.69, 9.17) is 0 Å². The van der Waals surface area contributed by atoms with Crippen molar-refractivity contribution in [1.82, 2.24) is 16.0 Å². The number of hydrogen-bond acceptors (Lipinski definition) is 2. The Bertz CT molecular complexity index is 653. The van der Waals surface area contributed by atoms with E-state index in [0.29, 0.717) is 13.1 Å². The molecule has 0 aliphatic carbocycles. The molecule has 2 aromatic rings. The number of nitrogens with one attached hydrogen (secondary N) is 3. The molecule has 24 heavy (non-hydrogen) atoms. The predicted octanol–water partition coefficient (Wildman–Crippen LogP) is 2.95. The summed E-state index contributed by atoms with van der Waals surface area (Å²) in [5, 5.41) is 10.8. The maximum absolute atomic E-state index is 11.9. The second-order valence-corrected chi connectivity index (χ2v) is 5.73. The van der Waals surface area contributed by atoms with Gasteiger partial charge < -0.3 is 16.0 Å². The Hall–Kier alpha value is -2.56. The van der Waals surface area contributed by atoms with Crippen molar-refractivity contribution in [2.45, 2.75) is 32.2 Å². The van der Waals surface area contributed by atoms with E-state index in [0.717, 1.165) is 44.2 Å². The van der Waals surface area contributed by atoms with Crippen molar-refractivity contribution in [3.63, 3.8) is 0 Å². The van der Waals surface area contributed by atoms with Gasteiger partial charge in [0.2, 0.25) is 6.41 Å². The van der Waals surface area contributed by atoms with Gasteiger partial charge in [-0.25, -0.2) is 4.79 Å². The number of benzene rings is 2. The van der Waals surface area contributed by atoms with Crippen molar-refractivity contribution in [3.05, 3.63) is 48.0 Å². The molecule has 0 aliphatic heterocycles. The molecule has 0 aliphatic rings. The molecule has 0 radical (unpaired) electrons. The molecule has 0 fully saturated rings. The quantitative estimate of drug-likeness (QED) is 0.464. The number of amides is 3. The smallest absolute Gasteiger partial charge is 0.315 e. The molecule has 2 aromatic carbocycles. The number of urea groups is 1. The summed E-state index contributed by atoms with van der Waals surface area (Å²) in [5.74, 6) is 0. The highest BCUT2D eigenvalue weighted by Crippen LogP contribution is 2.18. The van der Waals surface area contributed by atoms with Crippen LogP contribution in [0.1, 0.15) is 31.2 Å². The molecule has 2 rings (SSSR count). The maximum atomic E-state index is 11.9. The first-order chi connectivity index (χ1) is 11.8. The molecule has 0 saturated heterocycles. The molecule has 128 valence electrons. The van der Waals surface area contributed by atoms with Crippen LogP contribution in [0.25, 0.3) is 10.8 Å². The maximum Gasteiger partial charge on any atom is 0.315 e. The van der Waals surface area contributed by atoms with Gasteiger partial charge in [-0.2, -0.15) is 0 Å². The molecular formula is C19H25N3O2. The van der Waals surface area contributed by atoms with Crippen LogP contribution >= 0.6 is 0 Å². The molecule has 5 nitrogen and oxygen atoms in total. The first-order valence-corrected chi connectivity index (χ1v) is 8.46. The normalized spacial score (nSPS) is 10.3. The zero-order chi connectivity index (χ0) is 17.0. The third-order valence-electron chi connectivity index (χ3n) is 3.94. The number of hydrogen-bond donors (Lipinski definition) is 3. The molecule has 0 saturated carbocycles. The lowest BCUT2D eigenvalue weighted by Crippen LogP contribution is -2.35. The van der Waals surface area contributed by atoms with Gasteiger partial charge in [-0.05, 0) is 29.2 Å². The van der Waals surface area contributed by atoms with Gasteiger partial charge in [0.1, 0.15) is 0 Å². The fourth-order valence-corrected chi connectivity index (χ4v) is 2.65. The molecule has 0 heterocycles. The predicted molar refractivity (Wildman–Crippen MR) is 96.7 cm³/mol. The molecule has 0 spiro atoms. The number of unbranched alkanes of at least 4 members (excludes halogenated alkanes) is 3. The number of fused-ring (bicyclic) bond motifs is 1. The van der Waals surface area contributed by atoms with Crippen LogP contribution in [0.5, 0.6) is 0 Å².